The van der Waals surface area contributed by atoms with Crippen LogP contribution in [-0.2, 0) is 17.1 Å². The molecule has 2 N–H and O–H groups in total. The Morgan fingerprint density at radius 3 is 1.69 bits per heavy atom. The first-order valence-electron chi connectivity index (χ1n) is 6.24. The lowest BCUT2D eigenvalue weighted by Crippen LogP contribution is -2.50. The second-order valence-corrected chi connectivity index (χ2v) is 5.11. The average molecular weight is 413 g/mol. The van der Waals surface area contributed by atoms with Crippen LogP contribution < -0.4 is 10.7 Å². The fourth-order valence-corrected chi connectivity index (χ4v) is 1.66. The lowest BCUT2D eigenvalue weighted by atomic mass is 10.1. The Morgan fingerprint density at radius 1 is 0.923 bits per heavy atom. The van der Waals surface area contributed by atoms with Gasteiger partial charge in [0, 0.05) is 12.7 Å². The van der Waals surface area contributed by atoms with Crippen molar-refractivity contribution in [1.82, 2.24) is 10.4 Å². The highest BCUT2D eigenvalue weighted by molar-refractivity contribution is 7.80. The number of nitrogens with one attached hydrogen (secondary N) is 2. The fourth-order valence-electron chi connectivity index (χ4n) is 1.50. The summed E-state index contributed by atoms with van der Waals surface area (Å²) >= 11 is 4.54. The van der Waals surface area contributed by atoms with Gasteiger partial charge in [0.1, 0.15) is 0 Å². The zero-order chi connectivity index (χ0) is 20.5. The molecule has 0 radical (unpaired) electrons. The van der Waals surface area contributed by atoms with Crippen molar-refractivity contribution in [1.29, 1.82) is 0 Å². The van der Waals surface area contributed by atoms with Gasteiger partial charge in [0.15, 0.2) is 5.11 Å². The van der Waals surface area contributed by atoms with Crippen molar-refractivity contribution in [2.45, 2.75) is 18.5 Å². The molecule has 0 aliphatic rings. The smallest absolute Gasteiger partial charge is 0.331 e. The Balaban J connectivity index is 3.08. The summed E-state index contributed by atoms with van der Waals surface area (Å²) in [5.74, 6) is -2.44. The average Bonchev–Trinajstić information content (AvgIpc) is 2.43. The Bertz CT molecular complexity index is 664. The third-order valence-electron chi connectivity index (χ3n) is 2.67. The number of carbonyl (C=O) groups is 1. The van der Waals surface area contributed by atoms with Crippen LogP contribution >= 0.6 is 12.2 Å². The van der Waals surface area contributed by atoms with Gasteiger partial charge in [-0.3, -0.25) is 15.2 Å². The number of thiocarbonyl (C=S) groups is 1. The summed E-state index contributed by atoms with van der Waals surface area (Å²) in [5.41, 5.74) is -2.84. The minimum absolute atomic E-state index is 0.136. The van der Waals surface area contributed by atoms with Crippen molar-refractivity contribution in [3.05, 3.63) is 29.3 Å². The number of nitrogens with zero attached hydrogens (tertiary/aromatic N) is 1. The second kappa shape index (κ2) is 7.17. The van der Waals surface area contributed by atoms with E-state index in [4.69, 9.17) is 0 Å². The van der Waals surface area contributed by atoms with Gasteiger partial charge in [-0.2, -0.15) is 39.5 Å². The highest BCUT2D eigenvalue weighted by atomic mass is 32.1. The molecule has 0 aliphatic heterocycles. The van der Waals surface area contributed by atoms with Gasteiger partial charge in [-0.05, 0) is 30.4 Å². The first-order chi connectivity index (χ1) is 11.5. The van der Waals surface area contributed by atoms with E-state index in [0.29, 0.717) is 0 Å². The maximum absolute atomic E-state index is 12.7. The van der Waals surface area contributed by atoms with Crippen LogP contribution in [0.2, 0.25) is 0 Å². The van der Waals surface area contributed by atoms with Crippen molar-refractivity contribution in [3.8, 4) is 0 Å². The van der Waals surface area contributed by atoms with Crippen LogP contribution in [0.3, 0.4) is 0 Å². The van der Waals surface area contributed by atoms with E-state index in [0.717, 1.165) is 7.05 Å². The molecule has 1 aromatic rings. The maximum Gasteiger partial charge on any atom is 0.472 e. The largest absolute Gasteiger partial charge is 0.472 e. The Labute approximate surface area is 144 Å². The molecule has 4 nitrogen and oxygen atoms in total. The minimum atomic E-state index is -5.27. The third-order valence-corrected chi connectivity index (χ3v) is 3.05. The molecule has 146 valence electrons. The van der Waals surface area contributed by atoms with Gasteiger partial charge in [0.05, 0.1) is 11.1 Å². The van der Waals surface area contributed by atoms with Crippen LogP contribution in [-0.4, -0.2) is 29.3 Å². The fraction of sp³-hybridized carbons (Fsp3) is 0.333. The van der Waals surface area contributed by atoms with Crippen molar-refractivity contribution in [2.75, 3.05) is 12.4 Å². The van der Waals surface area contributed by atoms with E-state index in [1.165, 1.54) is 5.43 Å². The zero-order valence-electron chi connectivity index (χ0n) is 12.4. The number of rotatable bonds is 1. The molecular weight excluding hydrogens is 405 g/mol. The summed E-state index contributed by atoms with van der Waals surface area (Å²) in [6.07, 6.45) is -15.5. The van der Waals surface area contributed by atoms with E-state index in [9.17, 15) is 44.3 Å². The first-order valence-corrected chi connectivity index (χ1v) is 6.64. The monoisotopic (exact) mass is 413 g/mol. The number of amides is 1. The summed E-state index contributed by atoms with van der Waals surface area (Å²) in [6.45, 7) is 0. The highest BCUT2D eigenvalue weighted by Crippen LogP contribution is 2.37. The SMILES string of the molecule is CN(NC(=O)C(F)(F)F)C(=S)Nc1cc(C(F)(F)F)cc(C(F)(F)F)c1. The number of alkyl halides is 9. The van der Waals surface area contributed by atoms with Crippen LogP contribution in [0.15, 0.2) is 18.2 Å². The molecule has 26 heavy (non-hydrogen) atoms. The van der Waals surface area contributed by atoms with E-state index in [1.54, 1.807) is 0 Å². The van der Waals surface area contributed by atoms with Crippen LogP contribution in [0.1, 0.15) is 11.1 Å². The number of anilines is 1. The molecule has 0 fully saturated rings. The summed E-state index contributed by atoms with van der Waals surface area (Å²) in [4.78, 5) is 10.7. The van der Waals surface area contributed by atoms with E-state index in [2.05, 4.69) is 12.2 Å². The summed E-state index contributed by atoms with van der Waals surface area (Å²) < 4.78 is 113. The lowest BCUT2D eigenvalue weighted by molar-refractivity contribution is -0.176. The quantitative estimate of drug-likeness (QED) is 0.416. The number of hydrazine groups is 1. The molecule has 0 unspecified atom stereocenters. The molecule has 0 aliphatic carbocycles. The standard InChI is InChI=1S/C12H8F9N3OS/c1-24(23-8(25)12(19,20)21)9(26)22-7-3-5(10(13,14)15)2-6(4-7)11(16,17)18/h2-4H,1H3,(H,22,26)(H,23,25). The normalized spacial score (nSPS) is 12.5. The molecule has 1 rings (SSSR count). The van der Waals surface area contributed by atoms with Crippen molar-refractivity contribution < 1.29 is 44.3 Å². The van der Waals surface area contributed by atoms with Gasteiger partial charge in [0.25, 0.3) is 0 Å². The molecule has 0 saturated carbocycles. The van der Waals surface area contributed by atoms with Crippen LogP contribution in [0, 0.1) is 0 Å². The van der Waals surface area contributed by atoms with E-state index in [-0.39, 0.29) is 23.2 Å². The number of hydrogen-bond acceptors (Lipinski definition) is 2. The molecule has 0 heterocycles. The maximum atomic E-state index is 12.7. The highest BCUT2D eigenvalue weighted by Gasteiger charge is 2.40. The minimum Gasteiger partial charge on any atom is -0.331 e. The Kier molecular flexibility index (Phi) is 6.01. The molecule has 0 saturated heterocycles. The van der Waals surface area contributed by atoms with E-state index < -0.39 is 46.4 Å². The van der Waals surface area contributed by atoms with Gasteiger partial charge < -0.3 is 5.32 Å². The molecule has 0 aromatic heterocycles. The van der Waals surface area contributed by atoms with Crippen molar-refractivity contribution >= 4 is 28.9 Å². The predicted octanol–water partition coefficient (Wildman–Crippen LogP) is 3.95. The third kappa shape index (κ3) is 5.93. The number of benzene rings is 1. The molecule has 14 heteroatoms. The van der Waals surface area contributed by atoms with Crippen LogP contribution in [0.25, 0.3) is 0 Å². The molecular formula is C12H8F9N3OS. The number of carbonyl (C=O) groups excluding carboxylic acids is 1. The Hall–Kier alpha value is -2.25. The summed E-state index contributed by atoms with van der Waals surface area (Å²) in [6, 6.07) is 0.422. The van der Waals surface area contributed by atoms with Crippen molar-refractivity contribution in [3.63, 3.8) is 0 Å². The predicted molar refractivity (Wildman–Crippen MR) is 74.6 cm³/mol. The topological polar surface area (TPSA) is 44.4 Å². The first kappa shape index (κ1) is 21.8. The Morgan fingerprint density at radius 2 is 1.35 bits per heavy atom. The number of hydrogen-bond donors (Lipinski definition) is 2. The zero-order valence-corrected chi connectivity index (χ0v) is 13.2. The van der Waals surface area contributed by atoms with Crippen molar-refractivity contribution in [2.24, 2.45) is 0 Å². The van der Waals surface area contributed by atoms with Gasteiger partial charge >= 0.3 is 24.4 Å². The van der Waals surface area contributed by atoms with Gasteiger partial charge in [-0.25, -0.2) is 0 Å². The molecule has 0 atom stereocenters. The van der Waals surface area contributed by atoms with E-state index in [1.807, 2.05) is 5.32 Å². The number of halogens is 9. The summed E-state index contributed by atoms with van der Waals surface area (Å²) in [7, 11) is 0.803. The summed E-state index contributed by atoms with van der Waals surface area (Å²) in [5, 5.41) is 1.39. The molecule has 1 aromatic carbocycles. The van der Waals surface area contributed by atoms with Crippen LogP contribution in [0.5, 0.6) is 0 Å². The molecule has 0 spiro atoms. The van der Waals surface area contributed by atoms with Gasteiger partial charge in [-0.1, -0.05) is 0 Å². The van der Waals surface area contributed by atoms with E-state index >= 15 is 0 Å². The lowest BCUT2D eigenvalue weighted by Gasteiger charge is -2.23. The van der Waals surface area contributed by atoms with Crippen LogP contribution in [0.4, 0.5) is 45.2 Å². The second-order valence-electron chi connectivity index (χ2n) is 4.72. The van der Waals surface area contributed by atoms with Gasteiger partial charge in [-0.15, -0.1) is 0 Å². The molecule has 0 bridgehead atoms. The molecule has 1 amide bonds. The van der Waals surface area contributed by atoms with Gasteiger partial charge in [0.2, 0.25) is 0 Å².